The third-order valence-electron chi connectivity index (χ3n) is 3.42. The van der Waals surface area contributed by atoms with E-state index in [4.69, 9.17) is 11.6 Å². The van der Waals surface area contributed by atoms with Crippen molar-refractivity contribution in [1.82, 2.24) is 15.3 Å². The summed E-state index contributed by atoms with van der Waals surface area (Å²) in [6, 6.07) is 5.14. The van der Waals surface area contributed by atoms with E-state index in [1.54, 1.807) is 23.2 Å². The number of benzene rings is 1. The topological polar surface area (TPSA) is 64.7 Å². The van der Waals surface area contributed by atoms with Crippen molar-refractivity contribution in [2.45, 2.75) is 6.92 Å². The van der Waals surface area contributed by atoms with Gasteiger partial charge in [-0.3, -0.25) is 15.0 Å². The highest BCUT2D eigenvalue weighted by atomic mass is 35.5. The monoisotopic (exact) mass is 310 g/mol. The number of hydrazine groups is 1. The van der Waals surface area contributed by atoms with Crippen LogP contribution in [0.5, 0.6) is 0 Å². The van der Waals surface area contributed by atoms with Crippen LogP contribution >= 0.6 is 11.6 Å². The average molecular weight is 311 g/mol. The fraction of sp³-hybridized carbons (Fsp3) is 0.429. The smallest absolute Gasteiger partial charge is 0.317 e. The van der Waals surface area contributed by atoms with Crippen molar-refractivity contribution < 1.29 is 9.59 Å². The number of halogens is 1. The van der Waals surface area contributed by atoms with Crippen molar-refractivity contribution >= 4 is 29.1 Å². The highest BCUT2D eigenvalue weighted by Crippen LogP contribution is 2.19. The van der Waals surface area contributed by atoms with Crippen LogP contribution in [0.15, 0.2) is 18.2 Å². The summed E-state index contributed by atoms with van der Waals surface area (Å²) in [5.74, 6) is -1.36. The Hall–Kier alpha value is -1.63. The van der Waals surface area contributed by atoms with E-state index >= 15 is 0 Å². The fourth-order valence-electron chi connectivity index (χ4n) is 2.02. The molecule has 0 aliphatic carbocycles. The first-order chi connectivity index (χ1) is 9.95. The van der Waals surface area contributed by atoms with Crippen molar-refractivity contribution in [2.24, 2.45) is 0 Å². The molecule has 1 aromatic carbocycles. The van der Waals surface area contributed by atoms with Crippen LogP contribution in [0.25, 0.3) is 0 Å². The molecule has 21 heavy (non-hydrogen) atoms. The average Bonchev–Trinajstić information content (AvgIpc) is 2.45. The Morgan fingerprint density at radius 2 is 1.81 bits per heavy atom. The Morgan fingerprint density at radius 1 is 1.14 bits per heavy atom. The van der Waals surface area contributed by atoms with Crippen molar-refractivity contribution in [3.63, 3.8) is 0 Å². The molecule has 2 rings (SSSR count). The molecule has 1 aliphatic heterocycles. The second-order valence-corrected chi connectivity index (χ2v) is 5.58. The first-order valence-corrected chi connectivity index (χ1v) is 7.15. The third kappa shape index (κ3) is 4.42. The normalized spacial score (nSPS) is 16.5. The SMILES string of the molecule is Cc1ccc(Cl)cc1NC(=O)C(=O)NN1CCN(C)CC1. The lowest BCUT2D eigenvalue weighted by Crippen LogP contribution is -2.54. The number of rotatable bonds is 2. The number of carbonyl (C=O) groups is 2. The molecular formula is C14H19ClN4O2. The van der Waals surface area contributed by atoms with Gasteiger partial charge in [-0.1, -0.05) is 17.7 Å². The van der Waals surface area contributed by atoms with Crippen molar-refractivity contribution in [3.05, 3.63) is 28.8 Å². The minimum absolute atomic E-state index is 0.510. The zero-order valence-electron chi connectivity index (χ0n) is 12.1. The highest BCUT2D eigenvalue weighted by molar-refractivity contribution is 6.39. The molecule has 1 heterocycles. The van der Waals surface area contributed by atoms with Crippen LogP contribution in [0.1, 0.15) is 5.56 Å². The molecule has 0 radical (unpaired) electrons. The van der Waals surface area contributed by atoms with Crippen LogP contribution < -0.4 is 10.7 Å². The lowest BCUT2D eigenvalue weighted by molar-refractivity contribution is -0.139. The Kier molecular flexibility index (Phi) is 5.17. The maximum atomic E-state index is 11.9. The molecule has 0 aromatic heterocycles. The predicted molar refractivity (Wildman–Crippen MR) is 82.0 cm³/mol. The zero-order chi connectivity index (χ0) is 15.4. The molecule has 0 bridgehead atoms. The molecule has 0 atom stereocenters. The van der Waals surface area contributed by atoms with Gasteiger partial charge in [-0.05, 0) is 31.7 Å². The molecular weight excluding hydrogens is 292 g/mol. The lowest BCUT2D eigenvalue weighted by Gasteiger charge is -2.32. The summed E-state index contributed by atoms with van der Waals surface area (Å²) in [5, 5.41) is 4.84. The van der Waals surface area contributed by atoms with Gasteiger partial charge in [0, 0.05) is 36.9 Å². The number of amides is 2. The second-order valence-electron chi connectivity index (χ2n) is 5.14. The Labute approximate surface area is 129 Å². The van der Waals surface area contributed by atoms with Crippen LogP contribution in [0, 0.1) is 6.92 Å². The second kappa shape index (κ2) is 6.89. The molecule has 0 unspecified atom stereocenters. The maximum Gasteiger partial charge on any atom is 0.323 e. The summed E-state index contributed by atoms with van der Waals surface area (Å²) in [6.45, 7) is 4.95. The van der Waals surface area contributed by atoms with E-state index in [-0.39, 0.29) is 0 Å². The number of hydrogen-bond acceptors (Lipinski definition) is 4. The van der Waals surface area contributed by atoms with Crippen LogP contribution in [0.3, 0.4) is 0 Å². The zero-order valence-corrected chi connectivity index (χ0v) is 12.9. The van der Waals surface area contributed by atoms with E-state index in [1.165, 1.54) is 0 Å². The standard InChI is InChI=1S/C14H19ClN4O2/c1-10-3-4-11(15)9-12(10)16-13(20)14(21)17-19-7-5-18(2)6-8-19/h3-4,9H,5-8H2,1-2H3,(H,16,20)(H,17,21). The first-order valence-electron chi connectivity index (χ1n) is 6.77. The van der Waals surface area contributed by atoms with Crippen LogP contribution in [0.2, 0.25) is 5.02 Å². The van der Waals surface area contributed by atoms with Crippen LogP contribution in [-0.2, 0) is 9.59 Å². The van der Waals surface area contributed by atoms with E-state index in [0.717, 1.165) is 18.7 Å². The summed E-state index contributed by atoms with van der Waals surface area (Å²) in [4.78, 5) is 26.0. The van der Waals surface area contributed by atoms with Gasteiger partial charge in [0.1, 0.15) is 0 Å². The van der Waals surface area contributed by atoms with E-state index in [1.807, 2.05) is 14.0 Å². The van der Waals surface area contributed by atoms with E-state index in [2.05, 4.69) is 15.6 Å². The number of hydrogen-bond donors (Lipinski definition) is 2. The van der Waals surface area contributed by atoms with Gasteiger partial charge in [0.05, 0.1) is 0 Å². The minimum atomic E-state index is -0.695. The molecule has 6 nitrogen and oxygen atoms in total. The maximum absolute atomic E-state index is 11.9. The lowest BCUT2D eigenvalue weighted by atomic mass is 10.2. The quantitative estimate of drug-likeness (QED) is 0.796. The molecule has 0 spiro atoms. The summed E-state index contributed by atoms with van der Waals surface area (Å²) < 4.78 is 0. The molecule has 1 saturated heterocycles. The number of anilines is 1. The van der Waals surface area contributed by atoms with Gasteiger partial charge in [-0.15, -0.1) is 0 Å². The van der Waals surface area contributed by atoms with Gasteiger partial charge in [0.25, 0.3) is 0 Å². The minimum Gasteiger partial charge on any atom is -0.317 e. The molecule has 114 valence electrons. The van der Waals surface area contributed by atoms with Gasteiger partial charge < -0.3 is 10.2 Å². The van der Waals surface area contributed by atoms with Gasteiger partial charge in [0.15, 0.2) is 0 Å². The van der Waals surface area contributed by atoms with Gasteiger partial charge >= 0.3 is 11.8 Å². The van der Waals surface area contributed by atoms with E-state index in [9.17, 15) is 9.59 Å². The number of carbonyl (C=O) groups excluding carboxylic acids is 2. The molecule has 7 heteroatoms. The summed E-state index contributed by atoms with van der Waals surface area (Å²) in [7, 11) is 2.02. The first kappa shape index (κ1) is 15.8. The molecule has 0 saturated carbocycles. The molecule has 2 N–H and O–H groups in total. The number of likely N-dealkylation sites (N-methyl/N-ethyl adjacent to an activating group) is 1. The predicted octanol–water partition coefficient (Wildman–Crippen LogP) is 0.866. The summed E-state index contributed by atoms with van der Waals surface area (Å²) >= 11 is 5.88. The molecule has 1 fully saturated rings. The number of nitrogens with one attached hydrogen (secondary N) is 2. The largest absolute Gasteiger partial charge is 0.323 e. The highest BCUT2D eigenvalue weighted by Gasteiger charge is 2.20. The van der Waals surface area contributed by atoms with Crippen LogP contribution in [0.4, 0.5) is 5.69 Å². The number of aryl methyl sites for hydroxylation is 1. The molecule has 1 aromatic rings. The van der Waals surface area contributed by atoms with Gasteiger partial charge in [-0.25, -0.2) is 5.01 Å². The van der Waals surface area contributed by atoms with Crippen molar-refractivity contribution in [3.8, 4) is 0 Å². The fourth-order valence-corrected chi connectivity index (χ4v) is 2.19. The van der Waals surface area contributed by atoms with Crippen molar-refractivity contribution in [1.29, 1.82) is 0 Å². The van der Waals surface area contributed by atoms with Gasteiger partial charge in [0.2, 0.25) is 0 Å². The van der Waals surface area contributed by atoms with Crippen LogP contribution in [-0.4, -0.2) is 54.9 Å². The summed E-state index contributed by atoms with van der Waals surface area (Å²) in [5.41, 5.74) is 4.01. The van der Waals surface area contributed by atoms with Crippen molar-refractivity contribution in [2.75, 3.05) is 38.5 Å². The Morgan fingerprint density at radius 3 is 2.48 bits per heavy atom. The molecule has 2 amide bonds. The van der Waals surface area contributed by atoms with E-state index < -0.39 is 11.8 Å². The third-order valence-corrected chi connectivity index (χ3v) is 3.65. The molecule has 1 aliphatic rings. The number of piperazine rings is 1. The van der Waals surface area contributed by atoms with E-state index in [0.29, 0.717) is 23.8 Å². The number of nitrogens with zero attached hydrogens (tertiary/aromatic N) is 2. The van der Waals surface area contributed by atoms with Gasteiger partial charge in [-0.2, -0.15) is 0 Å². The Bertz CT molecular complexity index is 542. The Balaban J connectivity index is 1.90. The summed E-state index contributed by atoms with van der Waals surface area (Å²) in [6.07, 6.45) is 0.